The maximum Gasteiger partial charge on any atom is 0.418 e. The van der Waals surface area contributed by atoms with E-state index in [9.17, 15) is 22.8 Å². The first-order valence-corrected chi connectivity index (χ1v) is 11.0. The minimum absolute atomic E-state index is 0.174. The quantitative estimate of drug-likeness (QED) is 0.604. The van der Waals surface area contributed by atoms with Crippen molar-refractivity contribution in [1.29, 1.82) is 0 Å². The highest BCUT2D eigenvalue weighted by Crippen LogP contribution is 2.36. The summed E-state index contributed by atoms with van der Waals surface area (Å²) in [6.45, 7) is 6.29. The number of aliphatic imine (C=N–C) groups is 1. The summed E-state index contributed by atoms with van der Waals surface area (Å²) in [5.41, 5.74) is 0.415. The van der Waals surface area contributed by atoms with Crippen molar-refractivity contribution in [1.82, 2.24) is 4.90 Å². The molecule has 170 valence electrons. The number of halogens is 3. The molecule has 32 heavy (non-hydrogen) atoms. The van der Waals surface area contributed by atoms with Gasteiger partial charge in [0, 0.05) is 13.0 Å². The van der Waals surface area contributed by atoms with Crippen LogP contribution in [0.25, 0.3) is 0 Å². The van der Waals surface area contributed by atoms with Crippen LogP contribution in [0.5, 0.6) is 0 Å². The van der Waals surface area contributed by atoms with E-state index in [4.69, 9.17) is 0 Å². The third kappa shape index (κ3) is 5.70. The van der Waals surface area contributed by atoms with Crippen molar-refractivity contribution >= 4 is 40.1 Å². The molecule has 1 fully saturated rings. The predicted octanol–water partition coefficient (Wildman–Crippen LogP) is 5.63. The van der Waals surface area contributed by atoms with Gasteiger partial charge in [0.25, 0.3) is 0 Å². The molecular weight excluding hydrogens is 439 g/mol. The van der Waals surface area contributed by atoms with Crippen molar-refractivity contribution in [2.24, 2.45) is 10.9 Å². The van der Waals surface area contributed by atoms with E-state index < -0.39 is 22.9 Å². The molecule has 1 atom stereocenters. The van der Waals surface area contributed by atoms with Crippen LogP contribution in [0.1, 0.15) is 31.4 Å². The number of amidine groups is 1. The van der Waals surface area contributed by atoms with E-state index in [0.717, 1.165) is 29.1 Å². The highest BCUT2D eigenvalue weighted by molar-refractivity contribution is 8.15. The van der Waals surface area contributed by atoms with Crippen LogP contribution >= 0.6 is 11.8 Å². The summed E-state index contributed by atoms with van der Waals surface area (Å²) in [4.78, 5) is 31.7. The van der Waals surface area contributed by atoms with Gasteiger partial charge in [-0.15, -0.1) is 0 Å². The van der Waals surface area contributed by atoms with Gasteiger partial charge in [-0.05, 0) is 36.6 Å². The zero-order valence-electron chi connectivity index (χ0n) is 17.9. The number of aryl methyl sites for hydroxylation is 1. The Balaban J connectivity index is 1.79. The van der Waals surface area contributed by atoms with Gasteiger partial charge in [0.2, 0.25) is 11.8 Å². The molecule has 0 saturated carbocycles. The second kappa shape index (κ2) is 9.77. The molecule has 1 saturated heterocycles. The molecule has 2 aromatic carbocycles. The number of hydrogen-bond donors (Lipinski definition) is 1. The summed E-state index contributed by atoms with van der Waals surface area (Å²) < 4.78 is 39.6. The van der Waals surface area contributed by atoms with E-state index in [1.165, 1.54) is 18.2 Å². The molecule has 2 aromatic rings. The molecule has 1 N–H and O–H groups in total. The Kier molecular flexibility index (Phi) is 7.28. The third-order valence-corrected chi connectivity index (χ3v) is 5.95. The van der Waals surface area contributed by atoms with Gasteiger partial charge in [0.05, 0.1) is 16.9 Å². The number of rotatable bonds is 6. The molecule has 0 aromatic heterocycles. The first-order valence-electron chi connectivity index (χ1n) is 10.1. The van der Waals surface area contributed by atoms with Gasteiger partial charge in [-0.1, -0.05) is 55.9 Å². The largest absolute Gasteiger partial charge is 0.418 e. The lowest BCUT2D eigenvalue weighted by Crippen LogP contribution is -2.36. The number of amides is 2. The van der Waals surface area contributed by atoms with Crippen LogP contribution in [0.2, 0.25) is 0 Å². The summed E-state index contributed by atoms with van der Waals surface area (Å²) in [7, 11) is 0. The fourth-order valence-corrected chi connectivity index (χ4v) is 4.42. The molecule has 0 radical (unpaired) electrons. The molecule has 1 unspecified atom stereocenters. The first kappa shape index (κ1) is 23.8. The molecular formula is C23H24F3N3O2S. The van der Waals surface area contributed by atoms with Crippen LogP contribution in [0.4, 0.5) is 24.5 Å². The number of anilines is 1. The van der Waals surface area contributed by atoms with Gasteiger partial charge < -0.3 is 5.32 Å². The topological polar surface area (TPSA) is 61.8 Å². The van der Waals surface area contributed by atoms with Crippen LogP contribution in [0.3, 0.4) is 0 Å². The summed E-state index contributed by atoms with van der Waals surface area (Å²) in [5, 5.41) is 2.05. The molecule has 5 nitrogen and oxygen atoms in total. The van der Waals surface area contributed by atoms with Gasteiger partial charge in [-0.2, -0.15) is 13.2 Å². The Hall–Kier alpha value is -2.81. The van der Waals surface area contributed by atoms with Crippen molar-refractivity contribution < 1.29 is 22.8 Å². The van der Waals surface area contributed by atoms with E-state index >= 15 is 0 Å². The van der Waals surface area contributed by atoms with Crippen LogP contribution in [0.15, 0.2) is 53.5 Å². The van der Waals surface area contributed by atoms with Crippen molar-refractivity contribution in [2.45, 2.75) is 38.6 Å². The second-order valence-electron chi connectivity index (χ2n) is 7.93. The summed E-state index contributed by atoms with van der Waals surface area (Å²) >= 11 is 1.16. The standard InChI is InChI=1S/C23H24F3N3O2S/c1-14(2)13-29-21(31)19(32-22(29)28-17-10-6-4-8-15(17)3)12-20(30)27-18-11-7-5-9-16(18)23(24,25)26/h4-11,14,19H,12-13H2,1-3H3,(H,27,30). The minimum atomic E-state index is -4.59. The molecule has 3 rings (SSSR count). The molecule has 1 heterocycles. The van der Waals surface area contributed by atoms with E-state index in [-0.39, 0.29) is 23.9 Å². The Bertz CT molecular complexity index is 1040. The lowest BCUT2D eigenvalue weighted by Gasteiger charge is -2.19. The number of carbonyl (C=O) groups is 2. The van der Waals surface area contributed by atoms with E-state index in [1.54, 1.807) is 4.90 Å². The molecule has 1 aliphatic rings. The number of alkyl halides is 3. The molecule has 1 aliphatic heterocycles. The average Bonchev–Trinajstić information content (AvgIpc) is 2.97. The van der Waals surface area contributed by atoms with Crippen molar-refractivity contribution in [3.63, 3.8) is 0 Å². The van der Waals surface area contributed by atoms with E-state index in [0.29, 0.717) is 11.7 Å². The molecule has 2 amide bonds. The Morgan fingerprint density at radius 1 is 1.16 bits per heavy atom. The number of thioether (sulfide) groups is 1. The van der Waals surface area contributed by atoms with Crippen LogP contribution in [-0.2, 0) is 15.8 Å². The number of benzene rings is 2. The zero-order chi connectivity index (χ0) is 23.5. The maximum atomic E-state index is 13.2. The van der Waals surface area contributed by atoms with Gasteiger partial charge in [-0.25, -0.2) is 4.99 Å². The normalized spacial score (nSPS) is 18.0. The fraction of sp³-hybridized carbons (Fsp3) is 0.348. The number of carbonyl (C=O) groups excluding carboxylic acids is 2. The minimum Gasteiger partial charge on any atom is -0.325 e. The lowest BCUT2D eigenvalue weighted by molar-refractivity contribution is -0.137. The highest BCUT2D eigenvalue weighted by Gasteiger charge is 2.40. The SMILES string of the molecule is Cc1ccccc1N=C1SC(CC(=O)Nc2ccccc2C(F)(F)F)C(=O)N1CC(C)C. The summed E-state index contributed by atoms with van der Waals surface area (Å²) in [6, 6.07) is 12.3. The number of hydrogen-bond acceptors (Lipinski definition) is 4. The average molecular weight is 464 g/mol. The summed E-state index contributed by atoms with van der Waals surface area (Å²) in [5.74, 6) is -0.752. The third-order valence-electron chi connectivity index (χ3n) is 4.78. The Morgan fingerprint density at radius 2 is 1.81 bits per heavy atom. The number of para-hydroxylation sites is 2. The summed E-state index contributed by atoms with van der Waals surface area (Å²) in [6.07, 6.45) is -4.85. The zero-order valence-corrected chi connectivity index (χ0v) is 18.8. The molecule has 9 heteroatoms. The highest BCUT2D eigenvalue weighted by atomic mass is 32.2. The predicted molar refractivity (Wildman–Crippen MR) is 121 cm³/mol. The van der Waals surface area contributed by atoms with Gasteiger partial charge in [0.15, 0.2) is 5.17 Å². The Labute approximate surface area is 189 Å². The van der Waals surface area contributed by atoms with Crippen LogP contribution in [-0.4, -0.2) is 33.7 Å². The van der Waals surface area contributed by atoms with Crippen LogP contribution < -0.4 is 5.32 Å². The lowest BCUT2D eigenvalue weighted by atomic mass is 10.1. The molecule has 0 spiro atoms. The van der Waals surface area contributed by atoms with Crippen LogP contribution in [0, 0.1) is 12.8 Å². The van der Waals surface area contributed by atoms with Crippen molar-refractivity contribution in [2.75, 3.05) is 11.9 Å². The van der Waals surface area contributed by atoms with Gasteiger partial charge in [-0.3, -0.25) is 14.5 Å². The maximum absolute atomic E-state index is 13.2. The van der Waals surface area contributed by atoms with Gasteiger partial charge in [0.1, 0.15) is 5.25 Å². The van der Waals surface area contributed by atoms with E-state index in [2.05, 4.69) is 10.3 Å². The molecule has 0 bridgehead atoms. The van der Waals surface area contributed by atoms with Crippen molar-refractivity contribution in [3.8, 4) is 0 Å². The smallest absolute Gasteiger partial charge is 0.325 e. The number of nitrogens with one attached hydrogen (secondary N) is 1. The Morgan fingerprint density at radius 3 is 2.47 bits per heavy atom. The first-order chi connectivity index (χ1) is 15.1. The molecule has 0 aliphatic carbocycles. The second-order valence-corrected chi connectivity index (χ2v) is 9.10. The van der Waals surface area contributed by atoms with Gasteiger partial charge >= 0.3 is 6.18 Å². The fourth-order valence-electron chi connectivity index (χ4n) is 3.26. The van der Waals surface area contributed by atoms with E-state index in [1.807, 2.05) is 45.0 Å². The number of nitrogens with zero attached hydrogens (tertiary/aromatic N) is 2. The monoisotopic (exact) mass is 463 g/mol. The van der Waals surface area contributed by atoms with Crippen molar-refractivity contribution in [3.05, 3.63) is 59.7 Å².